The molecular formula is C69H95N3O6. The lowest BCUT2D eigenvalue weighted by molar-refractivity contribution is 0.180. The van der Waals surface area contributed by atoms with Gasteiger partial charge in [-0.2, -0.15) is 0 Å². The SMILES string of the molecule is CCCCCCN(CCc1cccc(O)c1)CCc1cccc(OC)c1.COc1cccc(CCN(CCc2ccc(O)cc2)CC2CCC2)c1.COc1cccc(CCN(CCc2ccc(O)cc2)CC2CCCCC2)c1. The Bertz CT molecular complexity index is 2520. The minimum atomic E-state index is 0.341. The summed E-state index contributed by atoms with van der Waals surface area (Å²) in [4.78, 5) is 7.80. The van der Waals surface area contributed by atoms with Crippen molar-refractivity contribution in [3.05, 3.63) is 179 Å². The van der Waals surface area contributed by atoms with E-state index in [-0.39, 0.29) is 0 Å². The van der Waals surface area contributed by atoms with E-state index in [9.17, 15) is 15.3 Å². The number of hydrogen-bond acceptors (Lipinski definition) is 9. The number of phenolic OH excluding ortho intramolecular Hbond substituents is 3. The molecule has 422 valence electrons. The second kappa shape index (κ2) is 35.5. The molecule has 0 radical (unpaired) electrons. The fourth-order valence-electron chi connectivity index (χ4n) is 10.7. The molecule has 0 heterocycles. The van der Waals surface area contributed by atoms with Gasteiger partial charge in [-0.15, -0.1) is 0 Å². The quantitative estimate of drug-likeness (QED) is 0.0381. The topological polar surface area (TPSA) is 98.1 Å². The first-order valence-corrected chi connectivity index (χ1v) is 29.6. The van der Waals surface area contributed by atoms with Crippen molar-refractivity contribution in [1.29, 1.82) is 0 Å². The fourth-order valence-corrected chi connectivity index (χ4v) is 10.7. The number of ether oxygens (including phenoxy) is 3. The molecule has 6 aromatic rings. The Hall–Kier alpha value is -6.00. The summed E-state index contributed by atoms with van der Waals surface area (Å²) in [5, 5.41) is 28.6. The van der Waals surface area contributed by atoms with Crippen molar-refractivity contribution in [2.45, 2.75) is 122 Å². The highest BCUT2D eigenvalue weighted by Gasteiger charge is 2.21. The summed E-state index contributed by atoms with van der Waals surface area (Å²) in [6.45, 7) is 12.2. The van der Waals surface area contributed by atoms with E-state index in [0.29, 0.717) is 17.2 Å². The predicted octanol–water partition coefficient (Wildman–Crippen LogP) is 14.4. The van der Waals surface area contributed by atoms with Gasteiger partial charge in [0.15, 0.2) is 0 Å². The maximum absolute atomic E-state index is 9.65. The first-order valence-electron chi connectivity index (χ1n) is 29.6. The lowest BCUT2D eigenvalue weighted by atomic mass is 9.85. The van der Waals surface area contributed by atoms with E-state index < -0.39 is 0 Å². The molecule has 3 N–H and O–H groups in total. The van der Waals surface area contributed by atoms with E-state index in [1.165, 1.54) is 124 Å². The fraction of sp³-hybridized carbons (Fsp3) is 0.478. The van der Waals surface area contributed by atoms with Crippen LogP contribution in [0.25, 0.3) is 0 Å². The normalized spacial score (nSPS) is 13.6. The molecule has 2 aliphatic carbocycles. The molecular weight excluding hydrogens is 967 g/mol. The summed E-state index contributed by atoms with van der Waals surface area (Å²) in [5.41, 5.74) is 7.78. The molecule has 0 amide bonds. The van der Waals surface area contributed by atoms with Gasteiger partial charge in [-0.3, -0.25) is 0 Å². The van der Waals surface area contributed by atoms with Crippen molar-refractivity contribution in [3.8, 4) is 34.5 Å². The van der Waals surface area contributed by atoms with Crippen LogP contribution in [0.15, 0.2) is 146 Å². The molecule has 2 saturated carbocycles. The number of methoxy groups -OCH3 is 3. The Morgan fingerprint density at radius 3 is 1.10 bits per heavy atom. The molecule has 8 rings (SSSR count). The molecule has 9 nitrogen and oxygen atoms in total. The number of rotatable bonds is 30. The lowest BCUT2D eigenvalue weighted by Crippen LogP contribution is -2.35. The Kier molecular flexibility index (Phi) is 27.9. The number of hydrogen-bond donors (Lipinski definition) is 3. The molecule has 2 aliphatic rings. The first kappa shape index (κ1) is 61.2. The number of aromatic hydroxyl groups is 3. The van der Waals surface area contributed by atoms with Gasteiger partial charge in [0.2, 0.25) is 0 Å². The molecule has 0 spiro atoms. The highest BCUT2D eigenvalue weighted by atomic mass is 16.5. The van der Waals surface area contributed by atoms with Gasteiger partial charge in [-0.05, 0) is 195 Å². The third-order valence-corrected chi connectivity index (χ3v) is 15.8. The van der Waals surface area contributed by atoms with Gasteiger partial charge in [-0.1, -0.05) is 125 Å². The van der Waals surface area contributed by atoms with Crippen LogP contribution in [0.5, 0.6) is 34.5 Å². The molecule has 78 heavy (non-hydrogen) atoms. The second-order valence-corrected chi connectivity index (χ2v) is 21.9. The van der Waals surface area contributed by atoms with E-state index in [1.807, 2.05) is 54.6 Å². The maximum atomic E-state index is 9.65. The largest absolute Gasteiger partial charge is 0.508 e. The number of unbranched alkanes of at least 4 members (excludes halogenated alkanes) is 3. The molecule has 0 unspecified atom stereocenters. The first-order chi connectivity index (χ1) is 38.2. The Balaban J connectivity index is 0.000000189. The molecule has 0 aliphatic heterocycles. The summed E-state index contributed by atoms with van der Waals surface area (Å²) in [7, 11) is 5.17. The van der Waals surface area contributed by atoms with Crippen LogP contribution in [-0.2, 0) is 38.5 Å². The highest BCUT2D eigenvalue weighted by molar-refractivity contribution is 5.32. The van der Waals surface area contributed by atoms with Crippen LogP contribution >= 0.6 is 0 Å². The summed E-state index contributed by atoms with van der Waals surface area (Å²) in [5.74, 6) is 5.57. The van der Waals surface area contributed by atoms with Crippen molar-refractivity contribution >= 4 is 0 Å². The molecule has 2 fully saturated rings. The number of benzene rings is 6. The van der Waals surface area contributed by atoms with E-state index >= 15 is 0 Å². The standard InChI is InChI=1S/C24H33NO2.C23H33NO2.C22H29NO2/c1-27-24-9-5-8-21(18-24)15-17-25(19-22-6-3-2-4-7-22)16-14-20-10-12-23(26)13-11-20;1-3-4-5-6-15-24(16-13-20-9-7-11-22(25)18-20)17-14-21-10-8-12-23(19-21)26-2;1-25-22-7-3-4-19(16-22)13-15-23(17-20-5-2-6-20)14-12-18-8-10-21(24)11-9-18/h5,8-13,18,22,26H,2-4,6-7,14-17,19H2,1H3;7-12,18-19,25H,3-6,13-17H2,1-2H3;3-4,7-11,16,20,24H,2,5-6,12-15,17H2,1H3. The Labute approximate surface area is 470 Å². The molecule has 0 saturated heterocycles. The average molecular weight is 1060 g/mol. The molecule has 6 aromatic carbocycles. The summed E-state index contributed by atoms with van der Waals surface area (Å²) >= 11 is 0. The van der Waals surface area contributed by atoms with E-state index in [0.717, 1.165) is 113 Å². The van der Waals surface area contributed by atoms with Gasteiger partial charge < -0.3 is 44.2 Å². The van der Waals surface area contributed by atoms with Crippen LogP contribution in [0, 0.1) is 11.8 Å². The Morgan fingerprint density at radius 2 is 0.731 bits per heavy atom. The lowest BCUT2D eigenvalue weighted by Gasteiger charge is -2.32. The van der Waals surface area contributed by atoms with Crippen molar-refractivity contribution in [2.75, 3.05) is 80.2 Å². The zero-order chi connectivity index (χ0) is 55.0. The Morgan fingerprint density at radius 1 is 0.359 bits per heavy atom. The minimum absolute atomic E-state index is 0.341. The monoisotopic (exact) mass is 1060 g/mol. The zero-order valence-electron chi connectivity index (χ0n) is 48.0. The van der Waals surface area contributed by atoms with Crippen LogP contribution in [-0.4, -0.2) is 110 Å². The average Bonchev–Trinajstić information content (AvgIpc) is 3.46. The second-order valence-electron chi connectivity index (χ2n) is 21.9. The van der Waals surface area contributed by atoms with Crippen LogP contribution in [0.4, 0.5) is 0 Å². The summed E-state index contributed by atoms with van der Waals surface area (Å²) < 4.78 is 16.0. The van der Waals surface area contributed by atoms with Crippen LogP contribution in [0.3, 0.4) is 0 Å². The predicted molar refractivity (Wildman–Crippen MR) is 323 cm³/mol. The van der Waals surface area contributed by atoms with Crippen LogP contribution in [0.1, 0.15) is 117 Å². The van der Waals surface area contributed by atoms with Gasteiger partial charge in [0, 0.05) is 52.4 Å². The smallest absolute Gasteiger partial charge is 0.119 e. The number of nitrogens with zero attached hydrogens (tertiary/aromatic N) is 3. The third kappa shape index (κ3) is 23.9. The van der Waals surface area contributed by atoms with Crippen LogP contribution < -0.4 is 14.2 Å². The molecule has 0 atom stereocenters. The highest BCUT2D eigenvalue weighted by Crippen LogP contribution is 2.28. The van der Waals surface area contributed by atoms with E-state index in [2.05, 4.69) is 82.3 Å². The third-order valence-electron chi connectivity index (χ3n) is 15.8. The van der Waals surface area contributed by atoms with Crippen molar-refractivity contribution < 1.29 is 29.5 Å². The molecule has 0 aromatic heterocycles. The van der Waals surface area contributed by atoms with Crippen molar-refractivity contribution in [2.24, 2.45) is 11.8 Å². The number of phenols is 3. The van der Waals surface area contributed by atoms with E-state index in [4.69, 9.17) is 14.2 Å². The van der Waals surface area contributed by atoms with E-state index in [1.54, 1.807) is 51.7 Å². The van der Waals surface area contributed by atoms with Crippen molar-refractivity contribution in [3.63, 3.8) is 0 Å². The van der Waals surface area contributed by atoms with Gasteiger partial charge in [-0.25, -0.2) is 0 Å². The van der Waals surface area contributed by atoms with Gasteiger partial charge in [0.1, 0.15) is 34.5 Å². The minimum Gasteiger partial charge on any atom is -0.508 e. The van der Waals surface area contributed by atoms with Gasteiger partial charge >= 0.3 is 0 Å². The van der Waals surface area contributed by atoms with Gasteiger partial charge in [0.25, 0.3) is 0 Å². The van der Waals surface area contributed by atoms with Crippen LogP contribution in [0.2, 0.25) is 0 Å². The molecule has 9 heteroatoms. The maximum Gasteiger partial charge on any atom is 0.119 e. The molecule has 0 bridgehead atoms. The van der Waals surface area contributed by atoms with Crippen molar-refractivity contribution in [1.82, 2.24) is 14.7 Å². The zero-order valence-corrected chi connectivity index (χ0v) is 48.0. The van der Waals surface area contributed by atoms with Gasteiger partial charge in [0.05, 0.1) is 21.3 Å². The summed E-state index contributed by atoms with van der Waals surface area (Å²) in [6.07, 6.45) is 22.5. The summed E-state index contributed by atoms with van der Waals surface area (Å²) in [6, 6.07) is 48.1.